The van der Waals surface area contributed by atoms with E-state index in [2.05, 4.69) is 11.6 Å². The normalized spacial score (nSPS) is 13.3. The van der Waals surface area contributed by atoms with Crippen LogP contribution in [0.5, 0.6) is 0 Å². The van der Waals surface area contributed by atoms with Gasteiger partial charge < -0.3 is 5.32 Å². The second-order valence-corrected chi connectivity index (χ2v) is 4.91. The van der Waals surface area contributed by atoms with E-state index in [9.17, 15) is 4.21 Å². The first kappa shape index (κ1) is 11.5. The lowest BCUT2D eigenvalue weighted by atomic mass is 10.5. The monoisotopic (exact) mass is 195 g/mol. The first-order chi connectivity index (χ1) is 5.27. The maximum atomic E-state index is 10.6. The summed E-state index contributed by atoms with van der Waals surface area (Å²) in [4.78, 5) is 0. The van der Waals surface area contributed by atoms with Crippen LogP contribution in [-0.4, -0.2) is 41.3 Å². The van der Waals surface area contributed by atoms with Crippen LogP contribution in [0.25, 0.3) is 0 Å². The highest BCUT2D eigenvalue weighted by atomic mass is 32.2. The van der Waals surface area contributed by atoms with E-state index in [1.165, 1.54) is 12.2 Å². The molecule has 0 spiro atoms. The predicted molar refractivity (Wildman–Crippen MR) is 54.8 cm³/mol. The Labute approximate surface area is 76.0 Å². The van der Waals surface area contributed by atoms with Crippen LogP contribution in [0.4, 0.5) is 0 Å². The summed E-state index contributed by atoms with van der Waals surface area (Å²) in [6, 6.07) is 0. The van der Waals surface area contributed by atoms with Gasteiger partial charge in [-0.1, -0.05) is 0 Å². The van der Waals surface area contributed by atoms with Gasteiger partial charge in [0.15, 0.2) is 0 Å². The lowest BCUT2D eigenvalue weighted by Crippen LogP contribution is -2.21. The molecule has 0 saturated carbocycles. The zero-order valence-electron chi connectivity index (χ0n) is 7.26. The minimum Gasteiger partial charge on any atom is -0.316 e. The molecule has 0 radical (unpaired) electrons. The zero-order valence-corrected chi connectivity index (χ0v) is 8.89. The van der Waals surface area contributed by atoms with E-state index in [0.29, 0.717) is 0 Å². The minimum atomic E-state index is -0.640. The molecule has 2 nitrogen and oxygen atoms in total. The van der Waals surface area contributed by atoms with Crippen LogP contribution in [0, 0.1) is 0 Å². The molecule has 0 aromatic rings. The van der Waals surface area contributed by atoms with Gasteiger partial charge >= 0.3 is 0 Å². The van der Waals surface area contributed by atoms with Crippen molar-refractivity contribution in [3.8, 4) is 0 Å². The molecule has 0 fully saturated rings. The maximum Gasteiger partial charge on any atom is 0.0357 e. The fraction of sp³-hybridized carbons (Fsp3) is 1.00. The van der Waals surface area contributed by atoms with E-state index in [-0.39, 0.29) is 0 Å². The molecule has 0 aliphatic carbocycles. The molecule has 0 aromatic heterocycles. The van der Waals surface area contributed by atoms with Gasteiger partial charge in [-0.25, -0.2) is 0 Å². The van der Waals surface area contributed by atoms with E-state index in [0.717, 1.165) is 18.8 Å². The Bertz CT molecular complexity index is 109. The molecular formula is C7H17NOS2. The second-order valence-electron chi connectivity index (χ2n) is 2.37. The molecular weight excluding hydrogens is 178 g/mol. The summed E-state index contributed by atoms with van der Waals surface area (Å²) in [7, 11) is -0.640. The number of nitrogens with one attached hydrogen (secondary N) is 1. The second kappa shape index (κ2) is 8.56. The average molecular weight is 195 g/mol. The van der Waals surface area contributed by atoms with Crippen molar-refractivity contribution >= 4 is 22.6 Å². The SMILES string of the molecule is CSCCCNCCS(C)=O. The quantitative estimate of drug-likeness (QED) is 0.607. The van der Waals surface area contributed by atoms with Crippen LogP contribution in [0.15, 0.2) is 0 Å². The van der Waals surface area contributed by atoms with Crippen molar-refractivity contribution in [2.75, 3.05) is 37.1 Å². The predicted octanol–water partition coefficient (Wildman–Crippen LogP) is 0.708. The third kappa shape index (κ3) is 10.5. The van der Waals surface area contributed by atoms with E-state index >= 15 is 0 Å². The topological polar surface area (TPSA) is 29.1 Å². The maximum absolute atomic E-state index is 10.6. The highest BCUT2D eigenvalue weighted by molar-refractivity contribution is 7.98. The van der Waals surface area contributed by atoms with Crippen molar-refractivity contribution in [3.63, 3.8) is 0 Å². The molecule has 0 amide bonds. The molecule has 0 saturated heterocycles. The van der Waals surface area contributed by atoms with Crippen molar-refractivity contribution < 1.29 is 4.21 Å². The summed E-state index contributed by atoms with van der Waals surface area (Å²) in [5, 5.41) is 3.25. The Morgan fingerprint density at radius 2 is 2.18 bits per heavy atom. The standard InChI is InChI=1S/C7H17NOS2/c1-10-6-3-4-8-5-7-11(2)9/h8H,3-7H2,1-2H3. The first-order valence-electron chi connectivity index (χ1n) is 3.77. The summed E-state index contributed by atoms with van der Waals surface area (Å²) in [6.45, 7) is 1.94. The molecule has 11 heavy (non-hydrogen) atoms. The lowest BCUT2D eigenvalue weighted by Gasteiger charge is -2.01. The van der Waals surface area contributed by atoms with Gasteiger partial charge in [-0.3, -0.25) is 4.21 Å². The number of hydrogen-bond acceptors (Lipinski definition) is 3. The van der Waals surface area contributed by atoms with Crippen molar-refractivity contribution in [1.82, 2.24) is 5.32 Å². The lowest BCUT2D eigenvalue weighted by molar-refractivity contribution is 0.674. The number of hydrogen-bond donors (Lipinski definition) is 1. The highest BCUT2D eigenvalue weighted by Crippen LogP contribution is 1.92. The molecule has 0 aliphatic rings. The number of rotatable bonds is 7. The molecule has 0 rings (SSSR count). The van der Waals surface area contributed by atoms with Gasteiger partial charge in [-0.2, -0.15) is 11.8 Å². The Kier molecular flexibility index (Phi) is 8.91. The summed E-state index contributed by atoms with van der Waals surface area (Å²) < 4.78 is 10.6. The van der Waals surface area contributed by atoms with Crippen molar-refractivity contribution in [1.29, 1.82) is 0 Å². The summed E-state index contributed by atoms with van der Waals surface area (Å²) in [5.74, 6) is 1.99. The van der Waals surface area contributed by atoms with Crippen LogP contribution in [0.3, 0.4) is 0 Å². The van der Waals surface area contributed by atoms with Crippen LogP contribution in [0.1, 0.15) is 6.42 Å². The fourth-order valence-electron chi connectivity index (χ4n) is 0.682. The van der Waals surface area contributed by atoms with E-state index < -0.39 is 10.8 Å². The molecule has 1 atom stereocenters. The Hall–Kier alpha value is 0.460. The molecule has 0 aromatic carbocycles. The Morgan fingerprint density at radius 1 is 1.45 bits per heavy atom. The fourth-order valence-corrected chi connectivity index (χ4v) is 1.55. The van der Waals surface area contributed by atoms with E-state index in [1.54, 1.807) is 6.26 Å². The molecule has 1 unspecified atom stereocenters. The molecule has 0 aliphatic heterocycles. The first-order valence-corrected chi connectivity index (χ1v) is 6.89. The van der Waals surface area contributed by atoms with Crippen molar-refractivity contribution in [2.45, 2.75) is 6.42 Å². The highest BCUT2D eigenvalue weighted by Gasteiger charge is 1.90. The Balaban J connectivity index is 2.85. The van der Waals surface area contributed by atoms with E-state index in [1.807, 2.05) is 11.8 Å². The Morgan fingerprint density at radius 3 is 2.73 bits per heavy atom. The van der Waals surface area contributed by atoms with E-state index in [4.69, 9.17) is 0 Å². The van der Waals surface area contributed by atoms with Crippen LogP contribution >= 0.6 is 11.8 Å². The smallest absolute Gasteiger partial charge is 0.0357 e. The average Bonchev–Trinajstić information content (AvgIpc) is 1.96. The van der Waals surface area contributed by atoms with Gasteiger partial charge in [-0.05, 0) is 25.0 Å². The van der Waals surface area contributed by atoms with Gasteiger partial charge in [0.05, 0.1) is 0 Å². The molecule has 0 bridgehead atoms. The zero-order chi connectivity index (χ0) is 8.53. The van der Waals surface area contributed by atoms with Gasteiger partial charge in [0.1, 0.15) is 0 Å². The summed E-state index contributed by atoms with van der Waals surface area (Å²) >= 11 is 1.87. The third-order valence-corrected chi connectivity index (χ3v) is 2.74. The molecule has 68 valence electrons. The van der Waals surface area contributed by atoms with Crippen LogP contribution < -0.4 is 5.32 Å². The largest absolute Gasteiger partial charge is 0.316 e. The molecule has 4 heteroatoms. The van der Waals surface area contributed by atoms with Crippen LogP contribution in [-0.2, 0) is 10.8 Å². The van der Waals surface area contributed by atoms with Gasteiger partial charge in [0.25, 0.3) is 0 Å². The van der Waals surface area contributed by atoms with Gasteiger partial charge in [0, 0.05) is 29.4 Å². The van der Waals surface area contributed by atoms with Crippen molar-refractivity contribution in [3.05, 3.63) is 0 Å². The summed E-state index contributed by atoms with van der Waals surface area (Å²) in [6.07, 6.45) is 5.06. The van der Waals surface area contributed by atoms with Gasteiger partial charge in [0.2, 0.25) is 0 Å². The van der Waals surface area contributed by atoms with Gasteiger partial charge in [-0.15, -0.1) is 0 Å². The summed E-state index contributed by atoms with van der Waals surface area (Å²) in [5.41, 5.74) is 0. The van der Waals surface area contributed by atoms with Crippen LogP contribution in [0.2, 0.25) is 0 Å². The minimum absolute atomic E-state index is 0.640. The molecule has 1 N–H and O–H groups in total. The van der Waals surface area contributed by atoms with Crippen molar-refractivity contribution in [2.24, 2.45) is 0 Å². The molecule has 0 heterocycles. The number of thioether (sulfide) groups is 1. The third-order valence-electron chi connectivity index (χ3n) is 1.27.